The minimum absolute atomic E-state index is 0.202. The van der Waals surface area contributed by atoms with E-state index in [-0.39, 0.29) is 11.7 Å². The first kappa shape index (κ1) is 24.0. The summed E-state index contributed by atoms with van der Waals surface area (Å²) in [7, 11) is 0. The van der Waals surface area contributed by atoms with Crippen LogP contribution in [0.25, 0.3) is 0 Å². The molecule has 1 amide bonds. The zero-order valence-corrected chi connectivity index (χ0v) is 20.6. The highest BCUT2D eigenvalue weighted by atomic mass is 32.2. The smallest absolute Gasteiger partial charge is 0.250 e. The van der Waals surface area contributed by atoms with Gasteiger partial charge in [0.2, 0.25) is 0 Å². The van der Waals surface area contributed by atoms with Gasteiger partial charge in [-0.25, -0.2) is 5.43 Å². The molecule has 0 atom stereocenters. The molecular formula is C25H22N4O2S3. The van der Waals surface area contributed by atoms with Crippen molar-refractivity contribution in [1.82, 2.24) is 15.6 Å². The molecule has 0 fully saturated rings. The Morgan fingerprint density at radius 1 is 0.912 bits per heavy atom. The van der Waals surface area contributed by atoms with Gasteiger partial charge in [0.05, 0.1) is 12.0 Å². The summed E-state index contributed by atoms with van der Waals surface area (Å²) >= 11 is 4.48. The second kappa shape index (κ2) is 12.9. The molecule has 34 heavy (non-hydrogen) atoms. The Hall–Kier alpha value is -3.14. The summed E-state index contributed by atoms with van der Waals surface area (Å²) < 4.78 is 7.48. The number of benzene rings is 3. The summed E-state index contributed by atoms with van der Waals surface area (Å²) in [5.41, 5.74) is 5.73. The summed E-state index contributed by atoms with van der Waals surface area (Å²) in [5.74, 6) is 1.60. The van der Waals surface area contributed by atoms with Crippen LogP contribution in [-0.2, 0) is 17.2 Å². The van der Waals surface area contributed by atoms with E-state index in [0.29, 0.717) is 6.61 Å². The average molecular weight is 507 g/mol. The fourth-order valence-electron chi connectivity index (χ4n) is 2.80. The van der Waals surface area contributed by atoms with Crippen LogP contribution < -0.4 is 10.2 Å². The minimum atomic E-state index is -0.202. The standard InChI is InChI=1S/C25H22N4O2S3/c30-23(18-33-25-29-28-24(34-25)32-17-20-10-5-2-6-11-20)27-26-15-21-12-7-13-22(14-21)31-16-19-8-3-1-4-9-19/h1-15H,16-18H2,(H,27,30)/b26-15-. The Labute approximate surface area is 210 Å². The number of rotatable bonds is 11. The van der Waals surface area contributed by atoms with Crippen LogP contribution in [0, 0.1) is 0 Å². The predicted molar refractivity (Wildman–Crippen MR) is 140 cm³/mol. The second-order valence-electron chi connectivity index (χ2n) is 7.04. The molecule has 0 saturated carbocycles. The van der Waals surface area contributed by atoms with E-state index in [9.17, 15) is 4.79 Å². The Balaban J connectivity index is 1.18. The van der Waals surface area contributed by atoms with Crippen molar-refractivity contribution in [3.05, 3.63) is 102 Å². The lowest BCUT2D eigenvalue weighted by Gasteiger charge is -2.06. The highest BCUT2D eigenvalue weighted by Crippen LogP contribution is 2.30. The number of hydrogen-bond acceptors (Lipinski definition) is 8. The number of thioether (sulfide) groups is 2. The SMILES string of the molecule is O=C(CSc1nnc(SCc2ccccc2)s1)N/N=C\c1cccc(OCc2ccccc2)c1. The summed E-state index contributed by atoms with van der Waals surface area (Å²) in [6.07, 6.45) is 1.60. The van der Waals surface area contributed by atoms with E-state index in [1.165, 1.54) is 28.7 Å². The zero-order valence-electron chi connectivity index (χ0n) is 18.2. The van der Waals surface area contributed by atoms with Gasteiger partial charge in [-0.15, -0.1) is 10.2 Å². The Bertz CT molecular complexity index is 1220. The molecule has 0 aliphatic heterocycles. The average Bonchev–Trinajstić information content (AvgIpc) is 3.34. The lowest BCUT2D eigenvalue weighted by molar-refractivity contribution is -0.118. The van der Waals surface area contributed by atoms with Gasteiger partial charge in [0.15, 0.2) is 8.68 Å². The second-order valence-corrected chi connectivity index (χ2v) is 10.5. The summed E-state index contributed by atoms with van der Waals surface area (Å²) in [5, 5.41) is 12.4. The Kier molecular flexibility index (Phi) is 9.13. The van der Waals surface area contributed by atoms with Crippen molar-refractivity contribution in [1.29, 1.82) is 0 Å². The van der Waals surface area contributed by atoms with Gasteiger partial charge in [-0.1, -0.05) is 108 Å². The highest BCUT2D eigenvalue weighted by Gasteiger charge is 2.08. The molecule has 1 N–H and O–H groups in total. The van der Waals surface area contributed by atoms with E-state index in [1.54, 1.807) is 18.0 Å². The first-order valence-corrected chi connectivity index (χ1v) is 13.2. The number of ether oxygens (including phenoxy) is 1. The fraction of sp³-hybridized carbons (Fsp3) is 0.120. The molecule has 172 valence electrons. The largest absolute Gasteiger partial charge is 0.489 e. The maximum Gasteiger partial charge on any atom is 0.250 e. The molecule has 0 spiro atoms. The van der Waals surface area contributed by atoms with Crippen molar-refractivity contribution in [2.75, 3.05) is 5.75 Å². The molecule has 4 aromatic rings. The van der Waals surface area contributed by atoms with Crippen LogP contribution in [0.3, 0.4) is 0 Å². The number of hydrogen-bond donors (Lipinski definition) is 1. The Morgan fingerprint density at radius 3 is 2.38 bits per heavy atom. The molecule has 0 radical (unpaired) electrons. The van der Waals surface area contributed by atoms with Crippen LogP contribution in [0.15, 0.2) is 98.7 Å². The molecule has 0 bridgehead atoms. The molecule has 4 rings (SSSR count). The molecule has 0 aliphatic carbocycles. The lowest BCUT2D eigenvalue weighted by Crippen LogP contribution is -2.19. The van der Waals surface area contributed by atoms with Gasteiger partial charge in [-0.3, -0.25) is 4.79 Å². The molecular weight excluding hydrogens is 485 g/mol. The van der Waals surface area contributed by atoms with E-state index in [4.69, 9.17) is 4.74 Å². The van der Waals surface area contributed by atoms with Crippen LogP contribution in [0.1, 0.15) is 16.7 Å². The fourth-order valence-corrected chi connectivity index (χ4v) is 5.57. The number of carbonyl (C=O) groups is 1. The van der Waals surface area contributed by atoms with E-state index >= 15 is 0 Å². The van der Waals surface area contributed by atoms with Crippen LogP contribution in [0.5, 0.6) is 5.75 Å². The van der Waals surface area contributed by atoms with Crippen molar-refractivity contribution in [2.24, 2.45) is 5.10 Å². The maximum absolute atomic E-state index is 12.1. The van der Waals surface area contributed by atoms with Gasteiger partial charge < -0.3 is 4.74 Å². The normalized spacial score (nSPS) is 10.9. The van der Waals surface area contributed by atoms with Crippen molar-refractivity contribution < 1.29 is 9.53 Å². The van der Waals surface area contributed by atoms with Crippen LogP contribution in [0.4, 0.5) is 0 Å². The van der Waals surface area contributed by atoms with Crippen molar-refractivity contribution in [2.45, 2.75) is 21.0 Å². The summed E-state index contributed by atoms with van der Waals surface area (Å²) in [6.45, 7) is 0.494. The monoisotopic (exact) mass is 506 g/mol. The van der Waals surface area contributed by atoms with Gasteiger partial charge in [-0.2, -0.15) is 5.10 Å². The van der Waals surface area contributed by atoms with Crippen molar-refractivity contribution >= 4 is 47.0 Å². The van der Waals surface area contributed by atoms with Gasteiger partial charge in [0.1, 0.15) is 12.4 Å². The lowest BCUT2D eigenvalue weighted by atomic mass is 10.2. The third kappa shape index (κ3) is 8.02. The number of nitrogens with one attached hydrogen (secondary N) is 1. The van der Waals surface area contributed by atoms with E-state index in [1.807, 2.05) is 72.8 Å². The van der Waals surface area contributed by atoms with Gasteiger partial charge >= 0.3 is 0 Å². The predicted octanol–water partition coefficient (Wildman–Crippen LogP) is 5.65. The quantitative estimate of drug-likeness (QED) is 0.161. The molecule has 1 aromatic heterocycles. The van der Waals surface area contributed by atoms with Crippen LogP contribution >= 0.6 is 34.9 Å². The molecule has 0 unspecified atom stereocenters. The van der Waals surface area contributed by atoms with E-state index < -0.39 is 0 Å². The van der Waals surface area contributed by atoms with Gasteiger partial charge in [-0.05, 0) is 28.8 Å². The summed E-state index contributed by atoms with van der Waals surface area (Å²) in [4.78, 5) is 12.1. The number of aromatic nitrogens is 2. The third-order valence-electron chi connectivity index (χ3n) is 4.43. The molecule has 1 heterocycles. The third-order valence-corrected chi connectivity index (χ3v) is 7.69. The highest BCUT2D eigenvalue weighted by molar-refractivity contribution is 8.03. The Morgan fingerprint density at radius 2 is 1.62 bits per heavy atom. The van der Waals surface area contributed by atoms with Gasteiger partial charge in [0, 0.05) is 5.75 Å². The number of carbonyl (C=O) groups excluding carboxylic acids is 1. The minimum Gasteiger partial charge on any atom is -0.489 e. The molecule has 3 aromatic carbocycles. The number of amides is 1. The van der Waals surface area contributed by atoms with E-state index in [0.717, 1.165) is 31.3 Å². The summed E-state index contributed by atoms with van der Waals surface area (Å²) in [6, 6.07) is 27.8. The first-order valence-electron chi connectivity index (χ1n) is 10.5. The molecule has 9 heteroatoms. The van der Waals surface area contributed by atoms with Crippen molar-refractivity contribution in [3.8, 4) is 5.75 Å². The number of nitrogens with zero attached hydrogens (tertiary/aromatic N) is 3. The van der Waals surface area contributed by atoms with Gasteiger partial charge in [0.25, 0.3) is 5.91 Å². The van der Waals surface area contributed by atoms with Crippen LogP contribution in [0.2, 0.25) is 0 Å². The van der Waals surface area contributed by atoms with E-state index in [2.05, 4.69) is 32.9 Å². The molecule has 0 aliphatic rings. The zero-order chi connectivity index (χ0) is 23.4. The topological polar surface area (TPSA) is 76.5 Å². The molecule has 6 nitrogen and oxygen atoms in total. The molecule has 0 saturated heterocycles. The maximum atomic E-state index is 12.1. The van der Waals surface area contributed by atoms with Crippen LogP contribution in [-0.4, -0.2) is 28.1 Å². The first-order chi connectivity index (χ1) is 16.7. The van der Waals surface area contributed by atoms with Crippen molar-refractivity contribution in [3.63, 3.8) is 0 Å². The number of hydrazone groups is 1.